The van der Waals surface area contributed by atoms with Gasteiger partial charge in [-0.25, -0.2) is 5.43 Å². The Labute approximate surface area is 136 Å². The summed E-state index contributed by atoms with van der Waals surface area (Å²) in [6.07, 6.45) is 3.06. The number of anilines is 1. The first-order chi connectivity index (χ1) is 11.0. The number of nitriles is 1. The summed E-state index contributed by atoms with van der Waals surface area (Å²) < 4.78 is 5.70. The minimum Gasteiger partial charge on any atom is -0.421 e. The lowest BCUT2D eigenvalue weighted by molar-refractivity contribution is 0.399. The number of oxazole rings is 1. The summed E-state index contributed by atoms with van der Waals surface area (Å²) in [5.41, 5.74) is 6.36. The number of benzene rings is 1. The highest BCUT2D eigenvalue weighted by Crippen LogP contribution is 2.27. The van der Waals surface area contributed by atoms with Gasteiger partial charge in [0, 0.05) is 11.0 Å². The van der Waals surface area contributed by atoms with Gasteiger partial charge in [0.1, 0.15) is 6.07 Å². The average molecular weight is 308 g/mol. The van der Waals surface area contributed by atoms with Crippen molar-refractivity contribution in [2.75, 3.05) is 5.43 Å². The number of aromatic nitrogens is 1. The molecule has 118 valence electrons. The fourth-order valence-corrected chi connectivity index (χ4v) is 2.63. The van der Waals surface area contributed by atoms with Gasteiger partial charge in [0.05, 0.1) is 5.71 Å². The standard InChI is InChI=1S/C18H20N4O/c1-18(2,3)17-20-15(11-19)16(23-17)22-21-14-10-6-8-12-7-4-5-9-13(12)14/h4-5,7,9,22H,6,8,10H2,1-3H3. The van der Waals surface area contributed by atoms with Gasteiger partial charge in [-0.05, 0) is 24.8 Å². The molecule has 1 aliphatic rings. The van der Waals surface area contributed by atoms with Crippen LogP contribution in [-0.4, -0.2) is 10.7 Å². The van der Waals surface area contributed by atoms with Crippen molar-refractivity contribution < 1.29 is 4.42 Å². The van der Waals surface area contributed by atoms with E-state index in [4.69, 9.17) is 4.42 Å². The first-order valence-electron chi connectivity index (χ1n) is 7.81. The van der Waals surface area contributed by atoms with Crippen LogP contribution in [0.15, 0.2) is 33.8 Å². The Morgan fingerprint density at radius 3 is 2.78 bits per heavy atom. The van der Waals surface area contributed by atoms with Crippen molar-refractivity contribution in [3.63, 3.8) is 0 Å². The van der Waals surface area contributed by atoms with Crippen molar-refractivity contribution in [1.29, 1.82) is 5.26 Å². The smallest absolute Gasteiger partial charge is 0.252 e. The zero-order chi connectivity index (χ0) is 16.4. The third-order valence-electron chi connectivity index (χ3n) is 3.86. The molecule has 5 nitrogen and oxygen atoms in total. The summed E-state index contributed by atoms with van der Waals surface area (Å²) in [6, 6.07) is 10.3. The van der Waals surface area contributed by atoms with Gasteiger partial charge in [-0.2, -0.15) is 15.3 Å². The molecular weight excluding hydrogens is 288 g/mol. The molecule has 1 aromatic carbocycles. The van der Waals surface area contributed by atoms with Gasteiger partial charge in [0.2, 0.25) is 11.6 Å². The highest BCUT2D eigenvalue weighted by molar-refractivity contribution is 6.03. The Hall–Kier alpha value is -2.61. The average Bonchev–Trinajstić information content (AvgIpc) is 2.96. The fraction of sp³-hybridized carbons (Fsp3) is 0.389. The molecular formula is C18H20N4O. The molecule has 0 fully saturated rings. The summed E-state index contributed by atoms with van der Waals surface area (Å²) in [4.78, 5) is 4.25. The van der Waals surface area contributed by atoms with Crippen LogP contribution in [-0.2, 0) is 11.8 Å². The number of fused-ring (bicyclic) bond motifs is 1. The van der Waals surface area contributed by atoms with Crippen LogP contribution in [0.3, 0.4) is 0 Å². The lowest BCUT2D eigenvalue weighted by Gasteiger charge is -2.17. The van der Waals surface area contributed by atoms with Crippen LogP contribution in [0.25, 0.3) is 0 Å². The molecule has 2 aromatic rings. The molecule has 3 rings (SSSR count). The second-order valence-electron chi connectivity index (χ2n) is 6.74. The van der Waals surface area contributed by atoms with Crippen LogP contribution in [0.5, 0.6) is 0 Å². The predicted octanol–water partition coefficient (Wildman–Crippen LogP) is 4.00. The number of nitrogens with one attached hydrogen (secondary N) is 1. The topological polar surface area (TPSA) is 74.2 Å². The number of hydrogen-bond acceptors (Lipinski definition) is 5. The Morgan fingerprint density at radius 2 is 2.04 bits per heavy atom. The van der Waals surface area contributed by atoms with Crippen molar-refractivity contribution in [2.24, 2.45) is 5.10 Å². The molecule has 23 heavy (non-hydrogen) atoms. The van der Waals surface area contributed by atoms with Crippen LogP contribution in [0.2, 0.25) is 0 Å². The molecule has 1 heterocycles. The van der Waals surface area contributed by atoms with Crippen LogP contribution >= 0.6 is 0 Å². The van der Waals surface area contributed by atoms with E-state index < -0.39 is 0 Å². The molecule has 0 bridgehead atoms. The second-order valence-corrected chi connectivity index (χ2v) is 6.74. The monoisotopic (exact) mass is 308 g/mol. The molecule has 0 amide bonds. The number of rotatable bonds is 2. The van der Waals surface area contributed by atoms with E-state index in [0.717, 1.165) is 25.0 Å². The first-order valence-corrected chi connectivity index (χ1v) is 7.81. The lowest BCUT2D eigenvalue weighted by Crippen LogP contribution is -2.13. The largest absolute Gasteiger partial charge is 0.421 e. The summed E-state index contributed by atoms with van der Waals surface area (Å²) in [5, 5.41) is 13.7. The maximum absolute atomic E-state index is 9.23. The van der Waals surface area contributed by atoms with Crippen molar-refractivity contribution in [1.82, 2.24) is 4.98 Å². The van der Waals surface area contributed by atoms with E-state index in [2.05, 4.69) is 39.8 Å². The van der Waals surface area contributed by atoms with Crippen molar-refractivity contribution >= 4 is 11.6 Å². The van der Waals surface area contributed by atoms with Gasteiger partial charge in [-0.3, -0.25) is 0 Å². The highest BCUT2D eigenvalue weighted by atomic mass is 16.4. The van der Waals surface area contributed by atoms with Crippen LogP contribution in [0, 0.1) is 11.3 Å². The van der Waals surface area contributed by atoms with Crippen molar-refractivity contribution in [2.45, 2.75) is 45.4 Å². The molecule has 1 aliphatic carbocycles. The summed E-state index contributed by atoms with van der Waals surface area (Å²) in [7, 11) is 0. The number of hydrogen-bond donors (Lipinski definition) is 1. The maximum Gasteiger partial charge on any atom is 0.252 e. The van der Waals surface area contributed by atoms with E-state index in [-0.39, 0.29) is 11.1 Å². The summed E-state index contributed by atoms with van der Waals surface area (Å²) in [5.74, 6) is 0.841. The van der Waals surface area contributed by atoms with E-state index >= 15 is 0 Å². The molecule has 1 N–H and O–H groups in total. The third kappa shape index (κ3) is 3.11. The SMILES string of the molecule is CC(C)(C)c1nc(C#N)c(NN=C2CCCc3ccccc32)o1. The van der Waals surface area contributed by atoms with Gasteiger partial charge in [0.25, 0.3) is 5.88 Å². The second kappa shape index (κ2) is 5.88. The van der Waals surface area contributed by atoms with Crippen molar-refractivity contribution in [3.05, 3.63) is 47.0 Å². The normalized spacial score (nSPS) is 16.0. The predicted molar refractivity (Wildman–Crippen MR) is 89.5 cm³/mol. The van der Waals surface area contributed by atoms with E-state index in [9.17, 15) is 5.26 Å². The lowest BCUT2D eigenvalue weighted by atomic mass is 9.90. The van der Waals surface area contributed by atoms with Gasteiger partial charge in [-0.1, -0.05) is 45.0 Å². The van der Waals surface area contributed by atoms with Crippen LogP contribution in [0.4, 0.5) is 5.88 Å². The first kappa shape index (κ1) is 15.3. The molecule has 0 spiro atoms. The maximum atomic E-state index is 9.23. The zero-order valence-electron chi connectivity index (χ0n) is 13.7. The van der Waals surface area contributed by atoms with Crippen molar-refractivity contribution in [3.8, 4) is 6.07 Å². The number of aryl methyl sites for hydroxylation is 1. The fourth-order valence-electron chi connectivity index (χ4n) is 2.63. The molecule has 0 saturated carbocycles. The van der Waals surface area contributed by atoms with Gasteiger partial charge >= 0.3 is 0 Å². The zero-order valence-corrected chi connectivity index (χ0v) is 13.7. The number of hydrazone groups is 1. The minimum atomic E-state index is -0.254. The molecule has 0 atom stereocenters. The minimum absolute atomic E-state index is 0.239. The molecule has 5 heteroatoms. The molecule has 1 aromatic heterocycles. The van der Waals surface area contributed by atoms with E-state index in [1.807, 2.05) is 26.8 Å². The van der Waals surface area contributed by atoms with Crippen LogP contribution in [0.1, 0.15) is 56.3 Å². The van der Waals surface area contributed by atoms with Gasteiger partial charge in [0.15, 0.2) is 0 Å². The Bertz CT molecular complexity index is 790. The molecule has 0 radical (unpaired) electrons. The van der Waals surface area contributed by atoms with Crippen LogP contribution < -0.4 is 5.43 Å². The van der Waals surface area contributed by atoms with Gasteiger partial charge < -0.3 is 4.42 Å². The number of nitrogens with zero attached hydrogens (tertiary/aromatic N) is 3. The van der Waals surface area contributed by atoms with E-state index in [0.29, 0.717) is 11.8 Å². The highest BCUT2D eigenvalue weighted by Gasteiger charge is 2.24. The molecule has 0 aliphatic heterocycles. The Balaban J connectivity index is 1.90. The molecule has 0 saturated heterocycles. The van der Waals surface area contributed by atoms with E-state index in [1.165, 1.54) is 11.1 Å². The Morgan fingerprint density at radius 1 is 1.26 bits per heavy atom. The quantitative estimate of drug-likeness (QED) is 0.851. The Kier molecular flexibility index (Phi) is 3.91. The van der Waals surface area contributed by atoms with Gasteiger partial charge in [-0.15, -0.1) is 0 Å². The van der Waals surface area contributed by atoms with E-state index in [1.54, 1.807) is 0 Å². The summed E-state index contributed by atoms with van der Waals surface area (Å²) >= 11 is 0. The molecule has 0 unspecified atom stereocenters. The third-order valence-corrected chi connectivity index (χ3v) is 3.86. The summed E-state index contributed by atoms with van der Waals surface area (Å²) in [6.45, 7) is 5.98.